The van der Waals surface area contributed by atoms with Crippen molar-refractivity contribution >= 4 is 11.9 Å². The van der Waals surface area contributed by atoms with Crippen LogP contribution in [0.5, 0.6) is 0 Å². The van der Waals surface area contributed by atoms with Gasteiger partial charge in [-0.1, -0.05) is 5.16 Å². The summed E-state index contributed by atoms with van der Waals surface area (Å²) >= 11 is 0. The summed E-state index contributed by atoms with van der Waals surface area (Å²) < 4.78 is 18.1. The molecule has 1 unspecified atom stereocenters. The minimum Gasteiger partial charge on any atom is -0.481 e. The molecule has 6 nitrogen and oxygen atoms in total. The third-order valence-electron chi connectivity index (χ3n) is 3.92. The molecule has 0 aliphatic carbocycles. The van der Waals surface area contributed by atoms with Gasteiger partial charge in [-0.25, -0.2) is 4.39 Å². The molecular weight excluding hydrogens is 303 g/mol. The highest BCUT2D eigenvalue weighted by molar-refractivity contribution is 5.93. The molecule has 1 amide bonds. The molecule has 23 heavy (non-hydrogen) atoms. The van der Waals surface area contributed by atoms with E-state index in [1.165, 1.54) is 35.2 Å². The van der Waals surface area contributed by atoms with Crippen molar-refractivity contribution in [2.75, 3.05) is 13.1 Å². The van der Waals surface area contributed by atoms with Crippen LogP contribution in [-0.2, 0) is 4.79 Å². The van der Waals surface area contributed by atoms with Gasteiger partial charge < -0.3 is 14.5 Å². The average Bonchev–Trinajstić information content (AvgIpc) is 3.05. The standard InChI is InChI=1S/C16H15FN2O4/c17-12-5-3-10(4-6-12)14-8-13(18-23-14)15(20)19-7-1-2-11(9-19)16(21)22/h3-6,8,11H,1-2,7,9H2,(H,21,22). The Labute approximate surface area is 131 Å². The van der Waals surface area contributed by atoms with Gasteiger partial charge in [0, 0.05) is 24.7 Å². The molecule has 1 aromatic heterocycles. The van der Waals surface area contributed by atoms with Crippen LogP contribution in [0.2, 0.25) is 0 Å². The van der Waals surface area contributed by atoms with Crippen molar-refractivity contribution in [2.24, 2.45) is 5.92 Å². The molecule has 1 aliphatic rings. The second kappa shape index (κ2) is 6.20. The van der Waals surface area contributed by atoms with E-state index in [-0.39, 0.29) is 24.0 Å². The number of amides is 1. The van der Waals surface area contributed by atoms with Gasteiger partial charge in [-0.2, -0.15) is 0 Å². The van der Waals surface area contributed by atoms with Crippen LogP contribution in [0.3, 0.4) is 0 Å². The number of aliphatic carboxylic acids is 1. The fourth-order valence-electron chi connectivity index (χ4n) is 2.65. The molecule has 1 aromatic carbocycles. The quantitative estimate of drug-likeness (QED) is 0.939. The Bertz CT molecular complexity index is 726. The first-order valence-corrected chi connectivity index (χ1v) is 7.29. The Kier molecular flexibility index (Phi) is 4.10. The molecule has 1 saturated heterocycles. The number of aromatic nitrogens is 1. The number of nitrogens with zero attached hydrogens (tertiary/aromatic N) is 2. The van der Waals surface area contributed by atoms with Crippen molar-refractivity contribution in [1.82, 2.24) is 10.1 Å². The second-order valence-corrected chi connectivity index (χ2v) is 5.51. The normalized spacial score (nSPS) is 18.0. The Morgan fingerprint density at radius 2 is 2.04 bits per heavy atom. The molecule has 2 aromatic rings. The fraction of sp³-hybridized carbons (Fsp3) is 0.312. The summed E-state index contributed by atoms with van der Waals surface area (Å²) in [7, 11) is 0. The summed E-state index contributed by atoms with van der Waals surface area (Å²) in [4.78, 5) is 25.0. The minimum absolute atomic E-state index is 0.121. The van der Waals surface area contributed by atoms with Gasteiger partial charge in [0.15, 0.2) is 11.5 Å². The predicted octanol–water partition coefficient (Wildman–Crippen LogP) is 2.42. The molecule has 0 radical (unpaired) electrons. The highest BCUT2D eigenvalue weighted by atomic mass is 19.1. The van der Waals surface area contributed by atoms with E-state index in [1.807, 2.05) is 0 Å². The van der Waals surface area contributed by atoms with Crippen molar-refractivity contribution < 1.29 is 23.6 Å². The zero-order chi connectivity index (χ0) is 16.4. The van der Waals surface area contributed by atoms with Gasteiger partial charge in [-0.15, -0.1) is 0 Å². The fourth-order valence-corrected chi connectivity index (χ4v) is 2.65. The van der Waals surface area contributed by atoms with Gasteiger partial charge in [-0.3, -0.25) is 9.59 Å². The number of halogens is 1. The van der Waals surface area contributed by atoms with E-state index in [0.717, 1.165) is 0 Å². The van der Waals surface area contributed by atoms with E-state index in [1.54, 1.807) is 0 Å². The van der Waals surface area contributed by atoms with E-state index in [9.17, 15) is 14.0 Å². The maximum Gasteiger partial charge on any atom is 0.308 e. The summed E-state index contributed by atoms with van der Waals surface area (Å²) in [5, 5.41) is 12.8. The molecule has 1 fully saturated rings. The number of carboxylic acids is 1. The molecule has 0 spiro atoms. The lowest BCUT2D eigenvalue weighted by molar-refractivity contribution is -0.143. The molecule has 120 valence electrons. The van der Waals surface area contributed by atoms with Crippen LogP contribution in [-0.4, -0.2) is 40.1 Å². The van der Waals surface area contributed by atoms with Crippen LogP contribution in [0.25, 0.3) is 11.3 Å². The first-order chi connectivity index (χ1) is 11.0. The largest absolute Gasteiger partial charge is 0.481 e. The summed E-state index contributed by atoms with van der Waals surface area (Å²) in [6, 6.07) is 7.14. The summed E-state index contributed by atoms with van der Waals surface area (Å²) in [6.07, 6.45) is 1.21. The predicted molar refractivity (Wildman–Crippen MR) is 78.2 cm³/mol. The minimum atomic E-state index is -0.894. The second-order valence-electron chi connectivity index (χ2n) is 5.51. The SMILES string of the molecule is O=C(O)C1CCCN(C(=O)c2cc(-c3ccc(F)cc3)on2)C1. The lowest BCUT2D eigenvalue weighted by Gasteiger charge is -2.29. The van der Waals surface area contributed by atoms with E-state index in [2.05, 4.69) is 5.16 Å². The van der Waals surface area contributed by atoms with Gasteiger partial charge in [0.1, 0.15) is 5.82 Å². The monoisotopic (exact) mass is 318 g/mol. The molecular formula is C16H15FN2O4. The Morgan fingerprint density at radius 1 is 1.30 bits per heavy atom. The topological polar surface area (TPSA) is 83.6 Å². The van der Waals surface area contributed by atoms with E-state index in [4.69, 9.17) is 9.63 Å². The van der Waals surface area contributed by atoms with Crippen molar-refractivity contribution in [3.63, 3.8) is 0 Å². The average molecular weight is 318 g/mol. The van der Waals surface area contributed by atoms with Crippen molar-refractivity contribution in [3.8, 4) is 11.3 Å². The maximum absolute atomic E-state index is 12.9. The first-order valence-electron chi connectivity index (χ1n) is 7.29. The number of piperidine rings is 1. The number of carbonyl (C=O) groups is 2. The summed E-state index contributed by atoms with van der Waals surface area (Å²) in [5.41, 5.74) is 0.732. The van der Waals surface area contributed by atoms with Gasteiger partial charge in [0.2, 0.25) is 0 Å². The van der Waals surface area contributed by atoms with Crippen LogP contribution in [0.1, 0.15) is 23.3 Å². The third kappa shape index (κ3) is 3.23. The number of carbonyl (C=O) groups excluding carboxylic acids is 1. The number of benzene rings is 1. The Hall–Kier alpha value is -2.70. The number of rotatable bonds is 3. The lowest BCUT2D eigenvalue weighted by Crippen LogP contribution is -2.42. The number of likely N-dealkylation sites (tertiary alicyclic amines) is 1. The highest BCUT2D eigenvalue weighted by Gasteiger charge is 2.30. The maximum atomic E-state index is 12.9. The zero-order valence-electron chi connectivity index (χ0n) is 12.2. The molecule has 0 bridgehead atoms. The van der Waals surface area contributed by atoms with Crippen molar-refractivity contribution in [1.29, 1.82) is 0 Å². The van der Waals surface area contributed by atoms with Crippen LogP contribution < -0.4 is 0 Å². The van der Waals surface area contributed by atoms with Gasteiger partial charge in [0.05, 0.1) is 5.92 Å². The number of carboxylic acid groups (broad SMARTS) is 1. The van der Waals surface area contributed by atoms with Crippen LogP contribution in [0.4, 0.5) is 4.39 Å². The van der Waals surface area contributed by atoms with Crippen molar-refractivity contribution in [3.05, 3.63) is 41.8 Å². The van der Waals surface area contributed by atoms with Gasteiger partial charge >= 0.3 is 5.97 Å². The molecule has 7 heteroatoms. The first kappa shape index (κ1) is 15.2. The lowest BCUT2D eigenvalue weighted by atomic mass is 9.98. The van der Waals surface area contributed by atoms with Gasteiger partial charge in [-0.05, 0) is 37.1 Å². The molecule has 1 N–H and O–H groups in total. The molecule has 3 rings (SSSR count). The highest BCUT2D eigenvalue weighted by Crippen LogP contribution is 2.23. The summed E-state index contributed by atoms with van der Waals surface area (Å²) in [6.45, 7) is 0.675. The summed E-state index contributed by atoms with van der Waals surface area (Å²) in [5.74, 6) is -1.79. The van der Waals surface area contributed by atoms with E-state index < -0.39 is 11.9 Å². The third-order valence-corrected chi connectivity index (χ3v) is 3.92. The molecule has 1 aliphatic heterocycles. The smallest absolute Gasteiger partial charge is 0.308 e. The van der Waals surface area contributed by atoms with E-state index >= 15 is 0 Å². The molecule has 1 atom stereocenters. The van der Waals surface area contributed by atoms with Crippen molar-refractivity contribution in [2.45, 2.75) is 12.8 Å². The Balaban J connectivity index is 1.75. The number of hydrogen-bond acceptors (Lipinski definition) is 4. The van der Waals surface area contributed by atoms with Crippen LogP contribution in [0, 0.1) is 11.7 Å². The van der Waals surface area contributed by atoms with E-state index in [0.29, 0.717) is 30.7 Å². The molecule has 2 heterocycles. The van der Waals surface area contributed by atoms with Gasteiger partial charge in [0.25, 0.3) is 5.91 Å². The zero-order valence-corrected chi connectivity index (χ0v) is 12.2. The Morgan fingerprint density at radius 3 is 2.74 bits per heavy atom. The van der Waals surface area contributed by atoms with Crippen LogP contribution >= 0.6 is 0 Å². The number of hydrogen-bond donors (Lipinski definition) is 1. The van der Waals surface area contributed by atoms with Crippen LogP contribution in [0.15, 0.2) is 34.9 Å². The molecule has 0 saturated carbocycles.